The van der Waals surface area contributed by atoms with Crippen LogP contribution >= 0.6 is 0 Å². The molecule has 0 spiro atoms. The lowest BCUT2D eigenvalue weighted by atomic mass is 9.70. The van der Waals surface area contributed by atoms with Gasteiger partial charge in [0.2, 0.25) is 10.0 Å². The van der Waals surface area contributed by atoms with Gasteiger partial charge in [-0.1, -0.05) is 38.1 Å². The van der Waals surface area contributed by atoms with Gasteiger partial charge in [-0.05, 0) is 35.3 Å². The first-order valence-corrected chi connectivity index (χ1v) is 10.4. The van der Waals surface area contributed by atoms with Gasteiger partial charge < -0.3 is 4.74 Å². The molecule has 0 aromatic heterocycles. The molecular weight excluding hydrogens is 338 g/mol. The number of sulfonamides is 1. The number of ether oxygens (including phenoxy) is 1. The van der Waals surface area contributed by atoms with Crippen LogP contribution in [0.15, 0.2) is 24.3 Å². The molecule has 1 N–H and O–H groups in total. The Balaban J connectivity index is 1.71. The van der Waals surface area contributed by atoms with Crippen LogP contribution < -0.4 is 4.72 Å². The Hall–Kier alpha value is -1.24. The third kappa shape index (κ3) is 3.27. The summed E-state index contributed by atoms with van der Waals surface area (Å²) in [6, 6.07) is 7.65. The van der Waals surface area contributed by atoms with Gasteiger partial charge in [0.05, 0.1) is 12.4 Å². The minimum atomic E-state index is -3.54. The van der Waals surface area contributed by atoms with Crippen molar-refractivity contribution in [2.75, 3.05) is 12.9 Å². The fourth-order valence-electron chi connectivity index (χ4n) is 4.67. The number of hydrogen-bond acceptors (Lipinski definition) is 4. The fourth-order valence-corrected chi connectivity index (χ4v) is 6.49. The van der Waals surface area contributed by atoms with Crippen LogP contribution in [0.2, 0.25) is 0 Å². The molecule has 2 aliphatic rings. The molecule has 138 valence electrons. The number of Topliss-reactive ketones (excluding diaryl/α,β-unsaturated/α-hetero) is 1. The molecule has 2 fully saturated rings. The van der Waals surface area contributed by atoms with E-state index in [1.165, 1.54) is 0 Å². The zero-order valence-electron chi connectivity index (χ0n) is 15.2. The number of hydrogen-bond donors (Lipinski definition) is 1. The molecule has 1 aromatic rings. The third-order valence-electron chi connectivity index (χ3n) is 6.37. The maximum atomic E-state index is 12.7. The van der Waals surface area contributed by atoms with Crippen LogP contribution in [-0.4, -0.2) is 27.1 Å². The summed E-state index contributed by atoms with van der Waals surface area (Å²) in [5.41, 5.74) is 0.930. The highest BCUT2D eigenvalue weighted by Crippen LogP contribution is 2.64. The summed E-state index contributed by atoms with van der Waals surface area (Å²) in [6.45, 7) is 4.83. The largest absolute Gasteiger partial charge is 0.380 e. The van der Waals surface area contributed by atoms with E-state index in [9.17, 15) is 13.2 Å². The van der Waals surface area contributed by atoms with Crippen molar-refractivity contribution in [2.24, 2.45) is 16.7 Å². The van der Waals surface area contributed by atoms with E-state index >= 15 is 0 Å². The highest BCUT2D eigenvalue weighted by Gasteiger charge is 2.65. The Kier molecular flexibility index (Phi) is 4.81. The Bertz CT molecular complexity index is 771. The van der Waals surface area contributed by atoms with E-state index in [4.69, 9.17) is 4.74 Å². The molecule has 2 unspecified atom stereocenters. The highest BCUT2D eigenvalue weighted by atomic mass is 32.2. The predicted octanol–water partition coefficient (Wildman–Crippen LogP) is 2.65. The number of carbonyl (C=O) groups excluding carboxylic acids is 1. The van der Waals surface area contributed by atoms with Crippen LogP contribution in [0.25, 0.3) is 0 Å². The molecule has 0 radical (unpaired) electrons. The Morgan fingerprint density at radius 2 is 2.00 bits per heavy atom. The van der Waals surface area contributed by atoms with Crippen LogP contribution in [0.4, 0.5) is 0 Å². The fraction of sp³-hybridized carbons (Fsp3) is 0.632. The molecule has 25 heavy (non-hydrogen) atoms. The number of ketones is 1. The van der Waals surface area contributed by atoms with Crippen LogP contribution in [0.1, 0.15) is 44.2 Å². The zero-order chi connectivity index (χ0) is 18.3. The van der Waals surface area contributed by atoms with Crippen LogP contribution in [0.3, 0.4) is 0 Å². The third-order valence-corrected chi connectivity index (χ3v) is 7.83. The van der Waals surface area contributed by atoms with Crippen molar-refractivity contribution in [1.29, 1.82) is 0 Å². The second-order valence-electron chi connectivity index (χ2n) is 8.00. The van der Waals surface area contributed by atoms with E-state index in [0.717, 1.165) is 17.5 Å². The summed E-state index contributed by atoms with van der Waals surface area (Å²) in [6.07, 6.45) is 2.17. The molecule has 3 rings (SSSR count). The summed E-state index contributed by atoms with van der Waals surface area (Å²) in [5.74, 6) is 0.349. The number of fused-ring (bicyclic) bond motifs is 2. The van der Waals surface area contributed by atoms with E-state index in [0.29, 0.717) is 25.4 Å². The second-order valence-corrected chi connectivity index (χ2v) is 9.81. The topological polar surface area (TPSA) is 72.5 Å². The molecular formula is C19H27NO4S. The quantitative estimate of drug-likeness (QED) is 0.806. The summed E-state index contributed by atoms with van der Waals surface area (Å²) in [4.78, 5) is 12.5. The lowest BCUT2D eigenvalue weighted by Crippen LogP contribution is -2.45. The van der Waals surface area contributed by atoms with Gasteiger partial charge in [0.15, 0.2) is 0 Å². The summed E-state index contributed by atoms with van der Waals surface area (Å²) in [5, 5.41) is 0. The maximum Gasteiger partial charge on any atom is 0.212 e. The molecule has 0 aliphatic heterocycles. The molecule has 2 bridgehead atoms. The van der Waals surface area contributed by atoms with Gasteiger partial charge in [0.1, 0.15) is 5.78 Å². The Morgan fingerprint density at radius 3 is 2.60 bits per heavy atom. The van der Waals surface area contributed by atoms with Gasteiger partial charge in [0.25, 0.3) is 0 Å². The second kappa shape index (κ2) is 6.49. The molecule has 5 nitrogen and oxygen atoms in total. The first-order chi connectivity index (χ1) is 11.7. The van der Waals surface area contributed by atoms with E-state index in [2.05, 4.69) is 18.6 Å². The molecule has 2 aliphatic carbocycles. The lowest BCUT2D eigenvalue weighted by molar-refractivity contribution is -0.128. The average molecular weight is 365 g/mol. The number of nitrogens with one attached hydrogen (secondary N) is 1. The van der Waals surface area contributed by atoms with Crippen LogP contribution in [-0.2, 0) is 32.7 Å². The van der Waals surface area contributed by atoms with Gasteiger partial charge in [-0.25, -0.2) is 13.1 Å². The number of methoxy groups -OCH3 is 1. The van der Waals surface area contributed by atoms with E-state index < -0.39 is 15.4 Å². The molecule has 0 heterocycles. The normalized spacial score (nSPS) is 27.8. The summed E-state index contributed by atoms with van der Waals surface area (Å²) < 4.78 is 33.2. The molecule has 2 saturated carbocycles. The van der Waals surface area contributed by atoms with Crippen LogP contribution in [0, 0.1) is 16.7 Å². The van der Waals surface area contributed by atoms with Crippen molar-refractivity contribution in [3.63, 3.8) is 0 Å². The van der Waals surface area contributed by atoms with Gasteiger partial charge in [0, 0.05) is 25.5 Å². The van der Waals surface area contributed by atoms with Crippen molar-refractivity contribution >= 4 is 15.8 Å². The zero-order valence-corrected chi connectivity index (χ0v) is 16.0. The molecule has 0 saturated heterocycles. The van der Waals surface area contributed by atoms with Crippen molar-refractivity contribution < 1.29 is 17.9 Å². The van der Waals surface area contributed by atoms with Crippen molar-refractivity contribution in [3.05, 3.63) is 35.4 Å². The van der Waals surface area contributed by atoms with Gasteiger partial charge in [-0.3, -0.25) is 4.79 Å². The monoisotopic (exact) mass is 365 g/mol. The van der Waals surface area contributed by atoms with Gasteiger partial charge in [-0.2, -0.15) is 0 Å². The summed E-state index contributed by atoms with van der Waals surface area (Å²) in [7, 11) is -1.91. The number of benzene rings is 1. The van der Waals surface area contributed by atoms with Crippen molar-refractivity contribution in [3.8, 4) is 0 Å². The molecule has 0 amide bonds. The highest BCUT2D eigenvalue weighted by molar-refractivity contribution is 7.89. The smallest absolute Gasteiger partial charge is 0.212 e. The van der Waals surface area contributed by atoms with E-state index in [1.54, 1.807) is 7.11 Å². The Labute approximate surface area is 150 Å². The lowest BCUT2D eigenvalue weighted by Gasteiger charge is -2.36. The number of carbonyl (C=O) groups is 1. The minimum Gasteiger partial charge on any atom is -0.380 e. The van der Waals surface area contributed by atoms with Crippen molar-refractivity contribution in [1.82, 2.24) is 4.72 Å². The maximum absolute atomic E-state index is 12.7. The molecule has 1 aromatic carbocycles. The Morgan fingerprint density at radius 1 is 1.28 bits per heavy atom. The molecule has 2 atom stereocenters. The molecule has 6 heteroatoms. The standard InChI is InChI=1S/C19H27NO4S/c1-18(2)16-7-8-19(18,17(21)10-16)13-25(22,23)20-11-14-5-4-6-15(9-14)12-24-3/h4-6,9,16,20H,7-8,10-13H2,1-3H3. The first kappa shape index (κ1) is 18.5. The first-order valence-electron chi connectivity index (χ1n) is 8.78. The van der Waals surface area contributed by atoms with Crippen molar-refractivity contribution in [2.45, 2.75) is 46.3 Å². The SMILES string of the molecule is COCc1cccc(CNS(=O)(=O)CC23CCC(CC2=O)C3(C)C)c1. The minimum absolute atomic E-state index is 0.0971. The van der Waals surface area contributed by atoms with Gasteiger partial charge in [-0.15, -0.1) is 0 Å². The van der Waals surface area contributed by atoms with Crippen LogP contribution in [0.5, 0.6) is 0 Å². The van der Waals surface area contributed by atoms with E-state index in [-0.39, 0.29) is 23.5 Å². The van der Waals surface area contributed by atoms with Gasteiger partial charge >= 0.3 is 0 Å². The summed E-state index contributed by atoms with van der Waals surface area (Å²) >= 11 is 0. The predicted molar refractivity (Wildman–Crippen MR) is 96.3 cm³/mol. The average Bonchev–Trinajstić information content (AvgIpc) is 2.88. The number of rotatable bonds is 7. The van der Waals surface area contributed by atoms with E-state index in [1.807, 2.05) is 24.3 Å².